The summed E-state index contributed by atoms with van der Waals surface area (Å²) in [6.45, 7) is 3.69. The molecular weight excluding hydrogens is 339 g/mol. The van der Waals surface area contributed by atoms with Crippen molar-refractivity contribution in [2.75, 3.05) is 0 Å². The number of aliphatic hydroxyl groups is 2. The van der Waals surface area contributed by atoms with Crippen LogP contribution in [0.25, 0.3) is 0 Å². The van der Waals surface area contributed by atoms with E-state index in [1.165, 1.54) is 0 Å². The van der Waals surface area contributed by atoms with Gasteiger partial charge in [-0.05, 0) is 38.1 Å². The van der Waals surface area contributed by atoms with E-state index in [0.29, 0.717) is 39.4 Å². The maximum Gasteiger partial charge on any atom is 0.221 e. The highest BCUT2D eigenvalue weighted by Crippen LogP contribution is 2.33. The van der Waals surface area contributed by atoms with Crippen LogP contribution in [0.15, 0.2) is 30.5 Å². The molecule has 5 nitrogen and oxygen atoms in total. The summed E-state index contributed by atoms with van der Waals surface area (Å²) in [6.07, 6.45) is 2.88. The SMILES string of the molecule is CC(C)n1nc(CO)c(CC=CO)c1Oc1cc(Cl)cc(Cl)c1. The molecule has 2 N–H and O–H groups in total. The molecule has 0 aliphatic rings. The standard InChI is InChI=1S/C16H18Cl2N2O3/c1-10(2)20-16(14(4-3-5-21)15(9-22)19-20)23-13-7-11(17)6-12(18)8-13/h3,5-8,10,21-22H,4,9H2,1-2H3. The van der Waals surface area contributed by atoms with Crippen LogP contribution in [0.3, 0.4) is 0 Å². The Morgan fingerprint density at radius 1 is 1.26 bits per heavy atom. The van der Waals surface area contributed by atoms with Crippen LogP contribution >= 0.6 is 23.2 Å². The fourth-order valence-electron chi connectivity index (χ4n) is 2.16. The third-order valence-corrected chi connectivity index (χ3v) is 3.60. The first-order chi connectivity index (χ1) is 11.0. The first-order valence-electron chi connectivity index (χ1n) is 7.10. The summed E-state index contributed by atoms with van der Waals surface area (Å²) in [5.41, 5.74) is 1.20. The van der Waals surface area contributed by atoms with E-state index in [9.17, 15) is 5.11 Å². The van der Waals surface area contributed by atoms with Gasteiger partial charge in [-0.2, -0.15) is 5.10 Å². The third-order valence-electron chi connectivity index (χ3n) is 3.16. The van der Waals surface area contributed by atoms with Crippen LogP contribution in [0.4, 0.5) is 0 Å². The predicted molar refractivity (Wildman–Crippen MR) is 90.5 cm³/mol. The van der Waals surface area contributed by atoms with Crippen molar-refractivity contribution in [3.63, 3.8) is 0 Å². The average Bonchev–Trinajstić information content (AvgIpc) is 2.82. The monoisotopic (exact) mass is 356 g/mol. The second kappa shape index (κ2) is 7.73. The lowest BCUT2D eigenvalue weighted by Gasteiger charge is -2.13. The molecule has 1 aromatic heterocycles. The molecule has 0 radical (unpaired) electrons. The Morgan fingerprint density at radius 3 is 2.43 bits per heavy atom. The van der Waals surface area contributed by atoms with Gasteiger partial charge in [-0.1, -0.05) is 23.2 Å². The first kappa shape index (κ1) is 17.7. The maximum atomic E-state index is 9.53. The van der Waals surface area contributed by atoms with Crippen molar-refractivity contribution < 1.29 is 14.9 Å². The minimum atomic E-state index is -0.221. The number of hydrogen-bond acceptors (Lipinski definition) is 4. The molecule has 0 unspecified atom stereocenters. The number of aromatic nitrogens is 2. The lowest BCUT2D eigenvalue weighted by atomic mass is 10.1. The Kier molecular flexibility index (Phi) is 5.93. The van der Waals surface area contributed by atoms with Gasteiger partial charge < -0.3 is 14.9 Å². The van der Waals surface area contributed by atoms with Gasteiger partial charge in [-0.15, -0.1) is 0 Å². The summed E-state index contributed by atoms with van der Waals surface area (Å²) in [5.74, 6) is 0.962. The molecule has 0 saturated carbocycles. The largest absolute Gasteiger partial charge is 0.516 e. The van der Waals surface area contributed by atoms with Gasteiger partial charge >= 0.3 is 0 Å². The van der Waals surface area contributed by atoms with Gasteiger partial charge in [-0.25, -0.2) is 4.68 Å². The molecule has 2 aromatic rings. The highest BCUT2D eigenvalue weighted by molar-refractivity contribution is 6.34. The zero-order valence-electron chi connectivity index (χ0n) is 12.8. The van der Waals surface area contributed by atoms with Crippen molar-refractivity contribution in [2.24, 2.45) is 0 Å². The minimum absolute atomic E-state index is 0.0248. The lowest BCUT2D eigenvalue weighted by Crippen LogP contribution is -2.05. The van der Waals surface area contributed by atoms with Crippen molar-refractivity contribution in [3.8, 4) is 11.6 Å². The summed E-state index contributed by atoms with van der Waals surface area (Å²) in [4.78, 5) is 0. The molecule has 0 aliphatic heterocycles. The highest BCUT2D eigenvalue weighted by atomic mass is 35.5. The van der Waals surface area contributed by atoms with E-state index >= 15 is 0 Å². The number of nitrogens with zero attached hydrogens (tertiary/aromatic N) is 2. The zero-order chi connectivity index (χ0) is 17.0. The Balaban J connectivity index is 2.50. The fraction of sp³-hybridized carbons (Fsp3) is 0.312. The van der Waals surface area contributed by atoms with Crippen molar-refractivity contribution in [1.29, 1.82) is 0 Å². The highest BCUT2D eigenvalue weighted by Gasteiger charge is 2.20. The zero-order valence-corrected chi connectivity index (χ0v) is 14.3. The van der Waals surface area contributed by atoms with Crippen LogP contribution in [-0.4, -0.2) is 20.0 Å². The van der Waals surface area contributed by atoms with Crippen LogP contribution in [0.2, 0.25) is 10.0 Å². The van der Waals surface area contributed by atoms with E-state index in [-0.39, 0.29) is 12.6 Å². The van der Waals surface area contributed by atoms with Crippen molar-refractivity contribution in [2.45, 2.75) is 32.9 Å². The van der Waals surface area contributed by atoms with Crippen LogP contribution in [0.1, 0.15) is 31.1 Å². The van der Waals surface area contributed by atoms with Gasteiger partial charge in [0.1, 0.15) is 5.75 Å². The smallest absolute Gasteiger partial charge is 0.221 e. The first-order valence-corrected chi connectivity index (χ1v) is 7.86. The van der Waals surface area contributed by atoms with Crippen LogP contribution < -0.4 is 4.74 Å². The van der Waals surface area contributed by atoms with E-state index in [4.69, 9.17) is 33.0 Å². The van der Waals surface area contributed by atoms with Gasteiger partial charge in [0.25, 0.3) is 0 Å². The topological polar surface area (TPSA) is 67.5 Å². The minimum Gasteiger partial charge on any atom is -0.516 e. The number of rotatable bonds is 6. The van der Waals surface area contributed by atoms with Crippen LogP contribution in [0, 0.1) is 0 Å². The van der Waals surface area contributed by atoms with Crippen LogP contribution in [-0.2, 0) is 13.0 Å². The molecule has 23 heavy (non-hydrogen) atoms. The van der Waals surface area contributed by atoms with E-state index in [2.05, 4.69) is 5.10 Å². The molecule has 0 bridgehead atoms. The number of aliphatic hydroxyl groups excluding tert-OH is 2. The molecule has 0 saturated heterocycles. The summed E-state index contributed by atoms with van der Waals surface area (Å²) < 4.78 is 7.63. The lowest BCUT2D eigenvalue weighted by molar-refractivity contribution is 0.273. The summed E-state index contributed by atoms with van der Waals surface area (Å²) >= 11 is 12.0. The molecular formula is C16H18Cl2N2O3. The number of ether oxygens (including phenoxy) is 1. The number of benzene rings is 1. The second-order valence-corrected chi connectivity index (χ2v) is 6.10. The van der Waals surface area contributed by atoms with Gasteiger partial charge in [0, 0.05) is 22.0 Å². The van der Waals surface area contributed by atoms with E-state index < -0.39 is 0 Å². The van der Waals surface area contributed by atoms with Gasteiger partial charge in [-0.3, -0.25) is 0 Å². The van der Waals surface area contributed by atoms with E-state index in [1.54, 1.807) is 29.0 Å². The maximum absolute atomic E-state index is 9.53. The molecule has 0 aliphatic carbocycles. The van der Waals surface area contributed by atoms with Crippen molar-refractivity contribution in [1.82, 2.24) is 9.78 Å². The van der Waals surface area contributed by atoms with E-state index in [1.807, 2.05) is 13.8 Å². The van der Waals surface area contributed by atoms with Gasteiger partial charge in [0.2, 0.25) is 5.88 Å². The molecule has 1 aromatic carbocycles. The van der Waals surface area contributed by atoms with E-state index in [0.717, 1.165) is 6.26 Å². The second-order valence-electron chi connectivity index (χ2n) is 5.22. The number of halogens is 2. The molecule has 1 heterocycles. The summed E-state index contributed by atoms with van der Waals surface area (Å²) in [7, 11) is 0. The predicted octanol–water partition coefficient (Wildman–Crippen LogP) is 4.67. The summed E-state index contributed by atoms with van der Waals surface area (Å²) in [5, 5.41) is 23.7. The Hall–Kier alpha value is -1.69. The Bertz CT molecular complexity index is 691. The number of allylic oxidation sites excluding steroid dienone is 1. The molecule has 7 heteroatoms. The Labute approximate surface area is 144 Å². The average molecular weight is 357 g/mol. The fourth-order valence-corrected chi connectivity index (χ4v) is 2.66. The molecule has 0 spiro atoms. The van der Waals surface area contributed by atoms with Gasteiger partial charge in [0.05, 0.1) is 24.6 Å². The van der Waals surface area contributed by atoms with Crippen molar-refractivity contribution in [3.05, 3.63) is 51.8 Å². The van der Waals surface area contributed by atoms with Gasteiger partial charge in [0.15, 0.2) is 0 Å². The molecule has 2 rings (SSSR count). The van der Waals surface area contributed by atoms with Crippen molar-refractivity contribution >= 4 is 23.2 Å². The molecule has 0 fully saturated rings. The third kappa shape index (κ3) is 4.19. The molecule has 124 valence electrons. The van der Waals surface area contributed by atoms with Crippen LogP contribution in [0.5, 0.6) is 11.6 Å². The number of hydrogen-bond donors (Lipinski definition) is 2. The summed E-state index contributed by atoms with van der Waals surface area (Å²) in [6, 6.07) is 4.94. The quantitative estimate of drug-likeness (QED) is 0.738. The Morgan fingerprint density at radius 2 is 1.91 bits per heavy atom. The molecule has 0 atom stereocenters. The molecule has 0 amide bonds. The normalized spacial score (nSPS) is 11.6.